The highest BCUT2D eigenvalue weighted by Crippen LogP contribution is 2.33. The normalized spacial score (nSPS) is 17.4. The molecule has 0 saturated carbocycles. The van der Waals surface area contributed by atoms with Crippen molar-refractivity contribution in [3.05, 3.63) is 57.9 Å². The molecule has 2 aliphatic rings. The van der Waals surface area contributed by atoms with E-state index >= 15 is 0 Å². The molecule has 0 unspecified atom stereocenters. The molecule has 1 aromatic carbocycles. The number of allylic oxidation sites excluding steroid dienone is 1. The van der Waals surface area contributed by atoms with Gasteiger partial charge in [0.2, 0.25) is 0 Å². The third-order valence-electron chi connectivity index (χ3n) is 5.84. The number of nitrogens with zero attached hydrogens (tertiary/aromatic N) is 3. The molecule has 1 saturated heterocycles. The Balaban J connectivity index is 1.69. The summed E-state index contributed by atoms with van der Waals surface area (Å²) in [6.07, 6.45) is 2.35. The van der Waals surface area contributed by atoms with Crippen LogP contribution in [0.4, 0.5) is 19.0 Å². The monoisotopic (exact) mass is 430 g/mol. The quantitative estimate of drug-likeness (QED) is 0.725. The minimum absolute atomic E-state index is 0.0298. The lowest BCUT2D eigenvalue weighted by atomic mass is 9.96. The second kappa shape index (κ2) is 8.69. The molecule has 164 valence electrons. The molecule has 2 heterocycles. The third kappa shape index (κ3) is 4.29. The summed E-state index contributed by atoms with van der Waals surface area (Å²) < 4.78 is 40.8. The molecule has 1 aromatic heterocycles. The summed E-state index contributed by atoms with van der Waals surface area (Å²) in [7, 11) is 0. The second-order valence-electron chi connectivity index (χ2n) is 8.07. The zero-order valence-electron chi connectivity index (χ0n) is 17.6. The van der Waals surface area contributed by atoms with Gasteiger partial charge in [0.25, 0.3) is 6.43 Å². The number of anilines is 1. The lowest BCUT2D eigenvalue weighted by Gasteiger charge is -2.32. The smallest absolute Gasteiger partial charge is 0.266 e. The Kier molecular flexibility index (Phi) is 5.98. The molecular weight excluding hydrogens is 405 g/mol. The summed E-state index contributed by atoms with van der Waals surface area (Å²) >= 11 is 0. The Labute approximate surface area is 179 Å². The van der Waals surface area contributed by atoms with Crippen LogP contribution in [0.15, 0.2) is 23.9 Å². The van der Waals surface area contributed by atoms with Crippen molar-refractivity contribution >= 4 is 17.7 Å². The van der Waals surface area contributed by atoms with Gasteiger partial charge in [-0.2, -0.15) is 0 Å². The molecule has 0 radical (unpaired) electrons. The largest absolute Gasteiger partial charge is 0.369 e. The van der Waals surface area contributed by atoms with Crippen LogP contribution in [0.1, 0.15) is 66.9 Å². The molecule has 5 nitrogen and oxygen atoms in total. The van der Waals surface area contributed by atoms with Crippen LogP contribution < -0.4 is 5.32 Å². The first-order valence-corrected chi connectivity index (χ1v) is 10.6. The maximum atomic E-state index is 14.6. The highest BCUT2D eigenvalue weighted by molar-refractivity contribution is 6.03. The highest BCUT2D eigenvalue weighted by atomic mass is 19.3. The number of likely N-dealkylation sites (tertiary alicyclic amines) is 1. The van der Waals surface area contributed by atoms with Gasteiger partial charge in [-0.05, 0) is 39.2 Å². The number of nitrogens with one attached hydrogen (secondary N) is 1. The molecule has 1 N–H and O–H groups in total. The fraction of sp³-hybridized carbons (Fsp3) is 0.435. The van der Waals surface area contributed by atoms with Crippen LogP contribution in [0.3, 0.4) is 0 Å². The number of piperidine rings is 1. The van der Waals surface area contributed by atoms with E-state index in [1.807, 2.05) is 6.08 Å². The number of carbonyl (C=O) groups excluding carboxylic acids is 1. The van der Waals surface area contributed by atoms with Gasteiger partial charge in [-0.15, -0.1) is 0 Å². The van der Waals surface area contributed by atoms with Crippen molar-refractivity contribution in [3.8, 4) is 0 Å². The summed E-state index contributed by atoms with van der Waals surface area (Å²) in [5.74, 6) is 0.0655. The van der Waals surface area contributed by atoms with Gasteiger partial charge >= 0.3 is 0 Å². The predicted molar refractivity (Wildman–Crippen MR) is 112 cm³/mol. The fourth-order valence-corrected chi connectivity index (χ4v) is 4.25. The molecule has 1 aliphatic carbocycles. The van der Waals surface area contributed by atoms with Gasteiger partial charge in [-0.3, -0.25) is 4.79 Å². The zero-order valence-corrected chi connectivity index (χ0v) is 17.6. The minimum atomic E-state index is -2.89. The van der Waals surface area contributed by atoms with Crippen molar-refractivity contribution in [3.63, 3.8) is 0 Å². The van der Waals surface area contributed by atoms with Crippen molar-refractivity contribution < 1.29 is 18.0 Å². The number of aromatic nitrogens is 2. The average molecular weight is 430 g/mol. The van der Waals surface area contributed by atoms with Gasteiger partial charge in [0.15, 0.2) is 5.78 Å². The molecule has 4 rings (SSSR count). The van der Waals surface area contributed by atoms with E-state index in [9.17, 15) is 18.0 Å². The first kappa shape index (κ1) is 21.3. The topological polar surface area (TPSA) is 58.1 Å². The van der Waals surface area contributed by atoms with Crippen LogP contribution in [-0.2, 0) is 11.2 Å². The van der Waals surface area contributed by atoms with E-state index in [0.29, 0.717) is 28.6 Å². The van der Waals surface area contributed by atoms with E-state index in [-0.39, 0.29) is 17.8 Å². The molecular formula is C23H25F3N4O. The van der Waals surface area contributed by atoms with Crippen molar-refractivity contribution in [2.75, 3.05) is 18.4 Å². The summed E-state index contributed by atoms with van der Waals surface area (Å²) in [4.78, 5) is 23.8. The molecule has 1 fully saturated rings. The van der Waals surface area contributed by atoms with E-state index in [1.165, 1.54) is 12.1 Å². The summed E-state index contributed by atoms with van der Waals surface area (Å²) in [5, 5.41) is 3.16. The maximum Gasteiger partial charge on any atom is 0.266 e. The third-order valence-corrected chi connectivity index (χ3v) is 5.84. The Morgan fingerprint density at radius 1 is 1.10 bits per heavy atom. The number of hydrogen-bond donors (Lipinski definition) is 1. The van der Waals surface area contributed by atoms with Gasteiger partial charge < -0.3 is 10.2 Å². The minimum Gasteiger partial charge on any atom is -0.369 e. The van der Waals surface area contributed by atoms with Crippen LogP contribution in [0, 0.1) is 12.7 Å². The molecule has 0 spiro atoms. The van der Waals surface area contributed by atoms with E-state index in [1.54, 1.807) is 13.8 Å². The number of alkyl halides is 2. The fourth-order valence-electron chi connectivity index (χ4n) is 4.25. The molecule has 1 atom stereocenters. The maximum absolute atomic E-state index is 14.6. The van der Waals surface area contributed by atoms with Crippen LogP contribution >= 0.6 is 0 Å². The Morgan fingerprint density at radius 3 is 2.52 bits per heavy atom. The SMILES string of the molecule is Cc1nc2c(c(N[C@H](C)c3cccc(C(F)F)c3F)n1)C=C(N1CCCCC1)C(=O)C2. The van der Waals surface area contributed by atoms with Crippen LogP contribution in [0.5, 0.6) is 0 Å². The van der Waals surface area contributed by atoms with Crippen molar-refractivity contribution in [1.82, 2.24) is 14.9 Å². The molecule has 8 heteroatoms. The molecule has 0 amide bonds. The molecule has 31 heavy (non-hydrogen) atoms. The summed E-state index contributed by atoms with van der Waals surface area (Å²) in [6.45, 7) is 5.10. The number of benzene rings is 1. The van der Waals surface area contributed by atoms with Crippen LogP contribution in [0.2, 0.25) is 0 Å². The standard InChI is InChI=1S/C23H25F3N4O/c1-13(15-7-6-8-16(21(15)24)22(25)26)27-23-17-11-19(30-9-4-3-5-10-30)20(31)12-18(17)28-14(2)29-23/h6-8,11,13,22H,3-5,9-10,12H2,1-2H3,(H,27,28,29)/t13-/m1/s1. The lowest BCUT2D eigenvalue weighted by Crippen LogP contribution is -2.34. The Morgan fingerprint density at radius 2 is 1.81 bits per heavy atom. The van der Waals surface area contributed by atoms with E-state index in [2.05, 4.69) is 20.2 Å². The number of hydrogen-bond acceptors (Lipinski definition) is 5. The molecule has 0 bridgehead atoms. The Bertz CT molecular complexity index is 1030. The van der Waals surface area contributed by atoms with Gasteiger partial charge in [-0.1, -0.05) is 18.2 Å². The number of rotatable bonds is 5. The number of carbonyl (C=O) groups is 1. The average Bonchev–Trinajstić information content (AvgIpc) is 2.73. The van der Waals surface area contributed by atoms with Gasteiger partial charge in [-0.25, -0.2) is 23.1 Å². The first-order valence-electron chi connectivity index (χ1n) is 10.6. The predicted octanol–water partition coefficient (Wildman–Crippen LogP) is 4.99. The van der Waals surface area contributed by atoms with E-state index in [4.69, 9.17) is 0 Å². The number of fused-ring (bicyclic) bond motifs is 1. The summed E-state index contributed by atoms with van der Waals surface area (Å²) in [6, 6.07) is 3.39. The second-order valence-corrected chi connectivity index (χ2v) is 8.07. The summed E-state index contributed by atoms with van der Waals surface area (Å²) in [5.41, 5.74) is 1.49. The van der Waals surface area contributed by atoms with Gasteiger partial charge in [0.1, 0.15) is 17.5 Å². The number of Topliss-reactive ketones (excluding diaryl/α,β-unsaturated/α-hetero) is 1. The first-order chi connectivity index (χ1) is 14.8. The van der Waals surface area contributed by atoms with Gasteiger partial charge in [0, 0.05) is 24.2 Å². The van der Waals surface area contributed by atoms with Crippen molar-refractivity contribution in [2.24, 2.45) is 0 Å². The number of aryl methyl sites for hydroxylation is 1. The van der Waals surface area contributed by atoms with E-state index in [0.717, 1.165) is 38.4 Å². The zero-order chi connectivity index (χ0) is 22.1. The Hall–Kier alpha value is -2.90. The number of ketones is 1. The van der Waals surface area contributed by atoms with Gasteiger partial charge in [0.05, 0.1) is 29.4 Å². The molecule has 1 aliphatic heterocycles. The number of halogens is 3. The highest BCUT2D eigenvalue weighted by Gasteiger charge is 2.28. The van der Waals surface area contributed by atoms with Crippen molar-refractivity contribution in [1.29, 1.82) is 0 Å². The van der Waals surface area contributed by atoms with E-state index < -0.39 is 23.8 Å². The lowest BCUT2D eigenvalue weighted by molar-refractivity contribution is -0.116. The van der Waals surface area contributed by atoms with Crippen molar-refractivity contribution in [2.45, 2.75) is 52.0 Å². The van der Waals surface area contributed by atoms with Crippen LogP contribution in [0.25, 0.3) is 6.08 Å². The van der Waals surface area contributed by atoms with Crippen LogP contribution in [-0.4, -0.2) is 33.7 Å². The molecule has 2 aromatic rings.